The van der Waals surface area contributed by atoms with E-state index >= 15 is 0 Å². The Balaban J connectivity index is 0.958. The average Bonchev–Trinajstić information content (AvgIpc) is 2.98. The molecule has 2 heterocycles. The maximum atomic E-state index is 13.2. The summed E-state index contributed by atoms with van der Waals surface area (Å²) in [5, 5.41) is 0. The predicted octanol–water partition coefficient (Wildman–Crippen LogP) is -0.353. The summed E-state index contributed by atoms with van der Waals surface area (Å²) in [6, 6.07) is 0. The Morgan fingerprint density at radius 3 is 1.96 bits per heavy atom. The first-order chi connectivity index (χ1) is 12.2. The van der Waals surface area contributed by atoms with E-state index in [1.807, 2.05) is 0 Å². The van der Waals surface area contributed by atoms with Crippen LogP contribution in [0.25, 0.3) is 0 Å². The fourth-order valence-corrected chi connectivity index (χ4v) is 8.42. The molecule has 6 aliphatic carbocycles. The molecule has 8 rings (SSSR count). The van der Waals surface area contributed by atoms with Gasteiger partial charge in [0.2, 0.25) is 17.7 Å². The minimum absolute atomic E-state index is 0.0287. The fraction of sp³-hybridized carbons (Fsp3) is 0.842. The van der Waals surface area contributed by atoms with E-state index in [1.54, 1.807) is 0 Å². The average molecular weight is 341 g/mol. The van der Waals surface area contributed by atoms with Gasteiger partial charge >= 0.3 is 0 Å². The lowest BCUT2D eigenvalue weighted by Crippen LogP contribution is -3.07. The van der Waals surface area contributed by atoms with Gasteiger partial charge in [-0.05, 0) is 41.4 Å². The summed E-state index contributed by atoms with van der Waals surface area (Å²) in [4.78, 5) is 42.4. The van der Waals surface area contributed by atoms with Crippen LogP contribution in [0.3, 0.4) is 0 Å². The minimum atomic E-state index is -0.0287. The second-order valence-corrected chi connectivity index (χ2v) is 9.39. The van der Waals surface area contributed by atoms with Crippen LogP contribution in [-0.2, 0) is 14.4 Å². The molecule has 0 spiro atoms. The van der Waals surface area contributed by atoms with Crippen LogP contribution >= 0.6 is 0 Å². The highest BCUT2D eigenvalue weighted by Crippen LogP contribution is 3.06. The number of piperazine rings is 1. The summed E-state index contributed by atoms with van der Waals surface area (Å²) in [5.74, 6) is 6.72. The highest BCUT2D eigenvalue weighted by molar-refractivity contribution is 6.01. The van der Waals surface area contributed by atoms with Crippen molar-refractivity contribution in [1.82, 2.24) is 14.7 Å². The minimum Gasteiger partial charge on any atom is -0.340 e. The summed E-state index contributed by atoms with van der Waals surface area (Å²) in [6.45, 7) is 4.63. The molecule has 6 saturated carbocycles. The van der Waals surface area contributed by atoms with Gasteiger partial charge in [-0.15, -0.1) is 0 Å². The molecule has 0 N–H and O–H groups in total. The molecular formula is C19H23N3O3. The molecule has 25 heavy (non-hydrogen) atoms. The van der Waals surface area contributed by atoms with Crippen molar-refractivity contribution < 1.29 is 14.4 Å². The molecule has 0 aromatic rings. The molecule has 3 amide bonds. The Labute approximate surface area is 146 Å². The number of carbonyl (C=O) groups is 3. The summed E-state index contributed by atoms with van der Waals surface area (Å²) < 4.78 is 0. The first-order valence-corrected chi connectivity index (χ1v) is 10.0. The third kappa shape index (κ3) is 1.16. The lowest BCUT2D eigenvalue weighted by atomic mass is 8.96. The topological polar surface area (TPSA) is 60.9 Å². The number of hydrogen-bond acceptors (Lipinski definition) is 4. The van der Waals surface area contributed by atoms with Gasteiger partial charge in [0, 0.05) is 52.1 Å². The zero-order valence-electron chi connectivity index (χ0n) is 14.3. The molecule has 2 aliphatic heterocycles. The van der Waals surface area contributed by atoms with Crippen molar-refractivity contribution in [2.75, 3.05) is 39.3 Å². The van der Waals surface area contributed by atoms with Crippen LogP contribution in [0, 0.1) is 46.8 Å². The second-order valence-electron chi connectivity index (χ2n) is 9.39. The molecule has 0 unspecified atom stereocenters. The van der Waals surface area contributed by atoms with Crippen molar-refractivity contribution in [3.8, 4) is 0 Å². The van der Waals surface area contributed by atoms with Crippen molar-refractivity contribution in [1.29, 1.82) is 0 Å². The van der Waals surface area contributed by atoms with Crippen LogP contribution in [0.5, 0.6) is 0 Å². The van der Waals surface area contributed by atoms with E-state index in [-0.39, 0.29) is 17.2 Å². The number of carbonyl (C=O) groups excluding carboxylic acids is 3. The number of nitrogens with zero attached hydrogens (tertiary/aromatic N) is 3. The molecule has 0 aromatic carbocycles. The molecule has 132 valence electrons. The van der Waals surface area contributed by atoms with Gasteiger partial charge in [0.15, 0.2) is 0 Å². The molecule has 0 atom stereocenters. The van der Waals surface area contributed by atoms with Crippen LogP contribution in [0.1, 0.15) is 12.8 Å². The Hall–Kier alpha value is -1.43. The van der Waals surface area contributed by atoms with Gasteiger partial charge in [-0.3, -0.25) is 24.2 Å². The zero-order chi connectivity index (χ0) is 16.7. The molecule has 0 bridgehead atoms. The second kappa shape index (κ2) is 3.95. The van der Waals surface area contributed by atoms with Crippen LogP contribution < -0.4 is 0 Å². The van der Waals surface area contributed by atoms with Crippen LogP contribution in [0.2, 0.25) is 0 Å². The van der Waals surface area contributed by atoms with Gasteiger partial charge < -0.3 is 4.90 Å². The van der Waals surface area contributed by atoms with E-state index in [4.69, 9.17) is 0 Å². The molecule has 6 nitrogen and oxygen atoms in total. The maximum Gasteiger partial charge on any atom is 0.229 e. The lowest BCUT2D eigenvalue weighted by Gasteiger charge is -3.06. The van der Waals surface area contributed by atoms with Gasteiger partial charge in [0.25, 0.3) is 0 Å². The Bertz CT molecular complexity index is 673. The fourth-order valence-electron chi connectivity index (χ4n) is 8.42. The number of imide groups is 1. The predicted molar refractivity (Wildman–Crippen MR) is 85.8 cm³/mol. The molecule has 8 fully saturated rings. The number of likely N-dealkylation sites (tertiary alicyclic amines) is 1. The van der Waals surface area contributed by atoms with Crippen molar-refractivity contribution in [3.05, 3.63) is 0 Å². The van der Waals surface area contributed by atoms with Gasteiger partial charge in [0.05, 0.1) is 5.41 Å². The Morgan fingerprint density at radius 1 is 0.840 bits per heavy atom. The van der Waals surface area contributed by atoms with Crippen LogP contribution in [0.4, 0.5) is 0 Å². The van der Waals surface area contributed by atoms with E-state index in [0.29, 0.717) is 25.3 Å². The number of rotatable bonds is 4. The number of hydrogen-bond donors (Lipinski definition) is 0. The van der Waals surface area contributed by atoms with E-state index in [9.17, 15) is 14.4 Å². The van der Waals surface area contributed by atoms with E-state index in [0.717, 1.165) is 74.1 Å². The van der Waals surface area contributed by atoms with Crippen molar-refractivity contribution in [2.24, 2.45) is 46.8 Å². The lowest BCUT2D eigenvalue weighted by molar-refractivity contribution is -0.597. The van der Waals surface area contributed by atoms with Gasteiger partial charge in [0.1, 0.15) is 0 Å². The Kier molecular flexibility index (Phi) is 2.17. The van der Waals surface area contributed by atoms with Crippen molar-refractivity contribution in [2.45, 2.75) is 12.8 Å². The zero-order valence-corrected chi connectivity index (χ0v) is 14.3. The van der Waals surface area contributed by atoms with Crippen molar-refractivity contribution in [3.63, 3.8) is 0 Å². The van der Waals surface area contributed by atoms with E-state index in [2.05, 4.69) is 9.80 Å². The SMILES string of the molecule is O=C1CCC(=O)N1CCN1CCN(C(=O)C23C4C5C6C4C2C6C53)CC1. The summed E-state index contributed by atoms with van der Waals surface area (Å²) in [7, 11) is 0. The van der Waals surface area contributed by atoms with E-state index in [1.165, 1.54) is 4.90 Å². The van der Waals surface area contributed by atoms with Crippen LogP contribution in [-0.4, -0.2) is 71.7 Å². The normalized spacial score (nSPS) is 53.5. The highest BCUT2D eigenvalue weighted by Gasteiger charge is 3.06. The van der Waals surface area contributed by atoms with Gasteiger partial charge in [-0.1, -0.05) is 0 Å². The van der Waals surface area contributed by atoms with Gasteiger partial charge in [-0.2, -0.15) is 0 Å². The molecular weight excluding hydrogens is 318 g/mol. The summed E-state index contributed by atoms with van der Waals surface area (Å²) in [6.07, 6.45) is 0.743. The quantitative estimate of drug-likeness (QED) is 0.656. The molecule has 6 heteroatoms. The van der Waals surface area contributed by atoms with Gasteiger partial charge in [-0.25, -0.2) is 0 Å². The van der Waals surface area contributed by atoms with Crippen molar-refractivity contribution >= 4 is 17.7 Å². The number of amides is 3. The maximum absolute atomic E-state index is 13.2. The summed E-state index contributed by atoms with van der Waals surface area (Å²) >= 11 is 0. The largest absolute Gasteiger partial charge is 0.340 e. The molecule has 8 aliphatic rings. The molecule has 0 aromatic heterocycles. The first kappa shape index (κ1) is 13.7. The summed E-state index contributed by atoms with van der Waals surface area (Å²) in [5.41, 5.74) is 0.130. The third-order valence-corrected chi connectivity index (χ3v) is 9.30. The smallest absolute Gasteiger partial charge is 0.229 e. The molecule has 2 saturated heterocycles. The molecule has 0 radical (unpaired) electrons. The standard InChI is InChI=1S/C19H23N3O3/c23-9-1-2-10(24)22(9)8-5-20-3-6-21(7-4-20)18(25)19-15-12-11-13(15)17(19)14(11)16(12)19/h11-17H,1-8H2. The first-order valence-electron chi connectivity index (χ1n) is 10.0. The van der Waals surface area contributed by atoms with Crippen LogP contribution in [0.15, 0.2) is 0 Å². The van der Waals surface area contributed by atoms with E-state index < -0.39 is 0 Å². The highest BCUT2D eigenvalue weighted by atomic mass is 16.2. The Morgan fingerprint density at radius 2 is 1.40 bits per heavy atom. The monoisotopic (exact) mass is 341 g/mol. The third-order valence-electron chi connectivity index (χ3n) is 9.30.